The van der Waals surface area contributed by atoms with E-state index in [0.717, 1.165) is 36.2 Å². The van der Waals surface area contributed by atoms with E-state index in [1.807, 2.05) is 4.90 Å². The first-order valence-corrected chi connectivity index (χ1v) is 8.69. The van der Waals surface area contributed by atoms with E-state index in [-0.39, 0.29) is 17.6 Å². The highest BCUT2D eigenvalue weighted by Crippen LogP contribution is 2.33. The van der Waals surface area contributed by atoms with Crippen molar-refractivity contribution < 1.29 is 9.18 Å². The van der Waals surface area contributed by atoms with Gasteiger partial charge in [0.05, 0.1) is 18.0 Å². The quantitative estimate of drug-likeness (QED) is 0.787. The molecule has 6 nitrogen and oxygen atoms in total. The first kappa shape index (κ1) is 16.5. The number of aromatic amines is 1. The lowest BCUT2D eigenvalue weighted by molar-refractivity contribution is 0.0706. The minimum atomic E-state index is -0.260. The molecule has 4 rings (SSSR count). The lowest BCUT2D eigenvalue weighted by Gasteiger charge is -2.32. The molecule has 1 atom stereocenters. The summed E-state index contributed by atoms with van der Waals surface area (Å²) in [5, 5.41) is 11.4. The van der Waals surface area contributed by atoms with E-state index in [9.17, 15) is 9.18 Å². The molecule has 134 valence electrons. The van der Waals surface area contributed by atoms with Crippen LogP contribution in [-0.2, 0) is 7.05 Å². The Kier molecular flexibility index (Phi) is 4.28. The van der Waals surface area contributed by atoms with Crippen molar-refractivity contribution in [1.29, 1.82) is 0 Å². The molecule has 0 unspecified atom stereocenters. The van der Waals surface area contributed by atoms with Gasteiger partial charge in [0, 0.05) is 43.5 Å². The van der Waals surface area contributed by atoms with Gasteiger partial charge in [-0.25, -0.2) is 4.39 Å². The Morgan fingerprint density at radius 1 is 1.27 bits per heavy atom. The zero-order valence-electron chi connectivity index (χ0n) is 14.5. The van der Waals surface area contributed by atoms with Crippen LogP contribution in [0.2, 0.25) is 0 Å². The van der Waals surface area contributed by atoms with Gasteiger partial charge in [0.1, 0.15) is 5.82 Å². The van der Waals surface area contributed by atoms with Crippen LogP contribution in [0.1, 0.15) is 34.8 Å². The zero-order valence-corrected chi connectivity index (χ0v) is 14.5. The van der Waals surface area contributed by atoms with Crippen molar-refractivity contribution in [2.45, 2.75) is 18.8 Å². The normalized spacial score (nSPS) is 17.5. The second-order valence-electron chi connectivity index (χ2n) is 6.70. The summed E-state index contributed by atoms with van der Waals surface area (Å²) in [6.07, 6.45) is 7.02. The molecule has 0 saturated carbocycles. The number of carbonyl (C=O) groups is 1. The fourth-order valence-electron chi connectivity index (χ4n) is 3.58. The van der Waals surface area contributed by atoms with Crippen LogP contribution < -0.4 is 0 Å². The topological polar surface area (TPSA) is 66.8 Å². The van der Waals surface area contributed by atoms with Crippen LogP contribution in [-0.4, -0.2) is 43.9 Å². The van der Waals surface area contributed by atoms with Crippen molar-refractivity contribution in [2.75, 3.05) is 13.1 Å². The van der Waals surface area contributed by atoms with E-state index >= 15 is 0 Å². The molecule has 1 aliphatic rings. The van der Waals surface area contributed by atoms with Crippen LogP contribution in [0.4, 0.5) is 4.39 Å². The molecule has 1 saturated heterocycles. The molecule has 0 bridgehead atoms. The zero-order chi connectivity index (χ0) is 18.1. The number of hydrogen-bond donors (Lipinski definition) is 1. The van der Waals surface area contributed by atoms with Gasteiger partial charge in [-0.05, 0) is 30.5 Å². The molecule has 0 aliphatic carbocycles. The van der Waals surface area contributed by atoms with Gasteiger partial charge in [-0.3, -0.25) is 14.6 Å². The Bertz CT molecular complexity index is 914. The van der Waals surface area contributed by atoms with Gasteiger partial charge < -0.3 is 4.90 Å². The smallest absolute Gasteiger partial charge is 0.257 e. The third-order valence-corrected chi connectivity index (χ3v) is 4.89. The maximum atomic E-state index is 13.2. The van der Waals surface area contributed by atoms with Gasteiger partial charge in [0.25, 0.3) is 5.91 Å². The van der Waals surface area contributed by atoms with Crippen molar-refractivity contribution >= 4 is 5.91 Å². The third kappa shape index (κ3) is 3.12. The molecule has 3 heterocycles. The number of amides is 1. The highest BCUT2D eigenvalue weighted by Gasteiger charge is 2.28. The van der Waals surface area contributed by atoms with Gasteiger partial charge in [-0.1, -0.05) is 12.1 Å². The van der Waals surface area contributed by atoms with Crippen LogP contribution in [0.5, 0.6) is 0 Å². The molecular formula is C19H20FN5O. The number of hydrogen-bond acceptors (Lipinski definition) is 3. The molecule has 3 aromatic rings. The van der Waals surface area contributed by atoms with Crippen LogP contribution in [0.25, 0.3) is 11.1 Å². The largest absolute Gasteiger partial charge is 0.338 e. The Hall–Kier alpha value is -2.96. The number of carbonyl (C=O) groups excluding carboxylic acids is 1. The van der Waals surface area contributed by atoms with E-state index < -0.39 is 0 Å². The second-order valence-corrected chi connectivity index (χ2v) is 6.70. The van der Waals surface area contributed by atoms with Crippen LogP contribution in [0.3, 0.4) is 0 Å². The highest BCUT2D eigenvalue weighted by molar-refractivity contribution is 5.93. The Balaban J connectivity index is 1.56. The van der Waals surface area contributed by atoms with E-state index in [2.05, 4.69) is 15.3 Å². The molecule has 2 aromatic heterocycles. The standard InChI is InChI=1S/C19H20FN5O/c1-24-11-15(9-22-24)19(26)25-8-2-3-14(12-25)18-17(10-21-23-18)13-4-6-16(20)7-5-13/h4-7,9-11,14H,2-3,8,12H2,1H3,(H,21,23)/t14-/m0/s1. The first-order valence-electron chi connectivity index (χ1n) is 8.69. The summed E-state index contributed by atoms with van der Waals surface area (Å²) >= 11 is 0. The average molecular weight is 353 g/mol. The Morgan fingerprint density at radius 2 is 2.08 bits per heavy atom. The number of aryl methyl sites for hydroxylation is 1. The number of halogens is 1. The number of H-pyrrole nitrogens is 1. The summed E-state index contributed by atoms with van der Waals surface area (Å²) in [6, 6.07) is 6.41. The molecule has 1 aliphatic heterocycles. The number of piperidine rings is 1. The van der Waals surface area contributed by atoms with Gasteiger partial charge in [0.15, 0.2) is 0 Å². The number of rotatable bonds is 3. The van der Waals surface area contributed by atoms with Crippen LogP contribution >= 0.6 is 0 Å². The molecule has 1 N–H and O–H groups in total. The van der Waals surface area contributed by atoms with Gasteiger partial charge >= 0.3 is 0 Å². The minimum absolute atomic E-state index is 0.00523. The predicted octanol–water partition coefficient (Wildman–Crippen LogP) is 2.97. The third-order valence-electron chi connectivity index (χ3n) is 4.89. The Morgan fingerprint density at radius 3 is 2.81 bits per heavy atom. The summed E-state index contributed by atoms with van der Waals surface area (Å²) in [7, 11) is 1.80. The van der Waals surface area contributed by atoms with Crippen LogP contribution in [0, 0.1) is 5.82 Å². The summed E-state index contributed by atoms with van der Waals surface area (Å²) < 4.78 is 14.8. The van der Waals surface area contributed by atoms with Crippen molar-refractivity contribution in [2.24, 2.45) is 7.05 Å². The van der Waals surface area contributed by atoms with Gasteiger partial charge in [0.2, 0.25) is 0 Å². The lowest BCUT2D eigenvalue weighted by atomic mass is 9.90. The maximum absolute atomic E-state index is 13.2. The van der Waals surface area contributed by atoms with Gasteiger partial charge in [-0.15, -0.1) is 0 Å². The summed E-state index contributed by atoms with van der Waals surface area (Å²) in [5.74, 6) is -0.0812. The Labute approximate surface area is 150 Å². The predicted molar refractivity (Wildman–Crippen MR) is 95.1 cm³/mol. The summed E-state index contributed by atoms with van der Waals surface area (Å²) in [5.41, 5.74) is 3.49. The molecule has 0 radical (unpaired) electrons. The van der Waals surface area contributed by atoms with Gasteiger partial charge in [-0.2, -0.15) is 10.2 Å². The number of likely N-dealkylation sites (tertiary alicyclic amines) is 1. The van der Waals surface area contributed by atoms with Crippen molar-refractivity contribution in [3.05, 3.63) is 59.9 Å². The van der Waals surface area contributed by atoms with Crippen molar-refractivity contribution in [3.8, 4) is 11.1 Å². The lowest BCUT2D eigenvalue weighted by Crippen LogP contribution is -2.39. The molecule has 1 fully saturated rings. The number of nitrogens with one attached hydrogen (secondary N) is 1. The fourth-order valence-corrected chi connectivity index (χ4v) is 3.58. The monoisotopic (exact) mass is 353 g/mol. The van der Waals surface area contributed by atoms with Crippen LogP contribution in [0.15, 0.2) is 42.9 Å². The number of aromatic nitrogens is 4. The van der Waals surface area contributed by atoms with Crippen molar-refractivity contribution in [3.63, 3.8) is 0 Å². The molecule has 0 spiro atoms. The maximum Gasteiger partial charge on any atom is 0.257 e. The molecular weight excluding hydrogens is 333 g/mol. The average Bonchev–Trinajstić information content (AvgIpc) is 3.31. The molecule has 1 aromatic carbocycles. The van der Waals surface area contributed by atoms with E-state index in [4.69, 9.17) is 0 Å². The molecule has 1 amide bonds. The van der Waals surface area contributed by atoms with E-state index in [0.29, 0.717) is 12.1 Å². The molecule has 26 heavy (non-hydrogen) atoms. The van der Waals surface area contributed by atoms with E-state index in [1.165, 1.54) is 12.1 Å². The second kappa shape index (κ2) is 6.74. The first-order chi connectivity index (χ1) is 12.6. The van der Waals surface area contributed by atoms with Crippen molar-refractivity contribution in [1.82, 2.24) is 24.9 Å². The number of nitrogens with zero attached hydrogens (tertiary/aromatic N) is 4. The number of benzene rings is 1. The highest BCUT2D eigenvalue weighted by atomic mass is 19.1. The fraction of sp³-hybridized carbons (Fsp3) is 0.316. The summed E-state index contributed by atoms with van der Waals surface area (Å²) in [6.45, 7) is 1.37. The SMILES string of the molecule is Cn1cc(C(=O)N2CCC[C@H](c3[nH]ncc3-c3ccc(F)cc3)C2)cn1. The minimum Gasteiger partial charge on any atom is -0.338 e. The van der Waals surface area contributed by atoms with E-state index in [1.54, 1.807) is 42.5 Å². The molecule has 7 heteroatoms. The summed E-state index contributed by atoms with van der Waals surface area (Å²) in [4.78, 5) is 14.6.